The fraction of sp³-hybridized carbons (Fsp3) is 0.630. The van der Waals surface area contributed by atoms with Crippen molar-refractivity contribution in [3.63, 3.8) is 0 Å². The molecular weight excluding hydrogens is 523 g/mol. The van der Waals surface area contributed by atoms with Crippen molar-refractivity contribution >= 4 is 26.0 Å². The van der Waals surface area contributed by atoms with Crippen LogP contribution >= 0.6 is 0 Å². The highest BCUT2D eigenvalue weighted by atomic mass is 28.4. The summed E-state index contributed by atoms with van der Waals surface area (Å²) in [6.45, 7) is 6.12. The number of aliphatic hydroxyl groups excluding tert-OH is 1. The van der Waals surface area contributed by atoms with Gasteiger partial charge in [0.25, 0.3) is 5.91 Å². The van der Waals surface area contributed by atoms with Crippen LogP contribution < -0.4 is 9.64 Å². The van der Waals surface area contributed by atoms with Crippen LogP contribution in [-0.2, 0) is 37.6 Å². The first-order chi connectivity index (χ1) is 18.6. The van der Waals surface area contributed by atoms with E-state index in [2.05, 4.69) is 10.3 Å². The molecule has 10 nitrogen and oxygen atoms in total. The number of fused-ring (bicyclic) bond motifs is 2. The van der Waals surface area contributed by atoms with E-state index in [-0.39, 0.29) is 24.9 Å². The maximum atomic E-state index is 16.0. The predicted molar refractivity (Wildman–Crippen MR) is 145 cm³/mol. The molecule has 0 radical (unpaired) electrons. The lowest BCUT2D eigenvalue weighted by molar-refractivity contribution is -0.146. The lowest BCUT2D eigenvalue weighted by atomic mass is 9.82. The van der Waals surface area contributed by atoms with Gasteiger partial charge in [-0.1, -0.05) is 12.1 Å². The van der Waals surface area contributed by atoms with Crippen molar-refractivity contribution in [3.8, 4) is 5.75 Å². The minimum absolute atomic E-state index is 0.0155. The summed E-state index contributed by atoms with van der Waals surface area (Å²) in [6, 6.07) is 5.50. The minimum atomic E-state index is -3.29. The van der Waals surface area contributed by atoms with Crippen LogP contribution in [0, 0.1) is 5.92 Å². The van der Waals surface area contributed by atoms with E-state index in [0.717, 1.165) is 5.69 Å². The van der Waals surface area contributed by atoms with Crippen LogP contribution in [-0.4, -0.2) is 73.9 Å². The molecule has 1 fully saturated rings. The lowest BCUT2D eigenvalue weighted by Gasteiger charge is -2.31. The Balaban J connectivity index is 1.64. The zero-order valence-electron chi connectivity index (χ0n) is 23.4. The molecule has 0 saturated carbocycles. The number of methoxy groups -OCH3 is 2. The quantitative estimate of drug-likeness (QED) is 0.181. The van der Waals surface area contributed by atoms with E-state index in [1.165, 1.54) is 7.11 Å². The highest BCUT2D eigenvalue weighted by Gasteiger charge is 2.66. The molecule has 39 heavy (non-hydrogen) atoms. The van der Waals surface area contributed by atoms with Gasteiger partial charge >= 0.3 is 5.97 Å². The number of aryl methyl sites for hydroxylation is 1. The second-order valence-electron chi connectivity index (χ2n) is 10.9. The maximum Gasteiger partial charge on any atom is 0.305 e. The third-order valence-electron chi connectivity index (χ3n) is 8.00. The van der Waals surface area contributed by atoms with E-state index in [4.69, 9.17) is 14.2 Å². The Hall–Kier alpha value is -2.83. The number of anilines is 1. The Morgan fingerprint density at radius 3 is 2.69 bits per heavy atom. The zero-order chi connectivity index (χ0) is 28.4. The molecule has 1 aromatic heterocycles. The number of rotatable bonds is 12. The van der Waals surface area contributed by atoms with Crippen molar-refractivity contribution in [2.45, 2.75) is 75.9 Å². The second kappa shape index (κ2) is 11.7. The Bertz CT molecular complexity index is 1190. The molecular formula is C27H39FN4O6Si. The molecule has 214 valence electrons. The van der Waals surface area contributed by atoms with Crippen LogP contribution in [0.15, 0.2) is 24.4 Å². The van der Waals surface area contributed by atoms with Crippen molar-refractivity contribution in [2.24, 2.45) is 5.92 Å². The molecule has 2 aliphatic rings. The van der Waals surface area contributed by atoms with Crippen molar-refractivity contribution in [1.29, 1.82) is 0 Å². The minimum Gasteiger partial charge on any atom is -0.497 e. The highest BCUT2D eigenvalue weighted by Crippen LogP contribution is 2.60. The van der Waals surface area contributed by atoms with Crippen LogP contribution in [0.3, 0.4) is 0 Å². The predicted octanol–water partition coefficient (Wildman–Crippen LogP) is 3.38. The molecule has 0 unspecified atom stereocenters. The second-order valence-corrected chi connectivity index (χ2v) is 14.7. The first kappa shape index (κ1) is 29.2. The Morgan fingerprint density at radius 2 is 2.03 bits per heavy atom. The van der Waals surface area contributed by atoms with E-state index in [9.17, 15) is 14.7 Å². The number of hydrogen-bond donors (Lipinski definition) is 1. The number of esters is 1. The van der Waals surface area contributed by atoms with Crippen LogP contribution in [0.25, 0.3) is 0 Å². The van der Waals surface area contributed by atoms with Crippen LogP contribution in [0.5, 0.6) is 5.75 Å². The number of amides is 1. The van der Waals surface area contributed by atoms with E-state index < -0.39 is 31.6 Å². The molecule has 3 heterocycles. The van der Waals surface area contributed by atoms with E-state index in [0.29, 0.717) is 55.8 Å². The average Bonchev–Trinajstić information content (AvgIpc) is 3.54. The van der Waals surface area contributed by atoms with Gasteiger partial charge in [0, 0.05) is 55.8 Å². The van der Waals surface area contributed by atoms with Gasteiger partial charge < -0.3 is 28.3 Å². The van der Waals surface area contributed by atoms with Crippen LogP contribution in [0.1, 0.15) is 43.9 Å². The molecule has 0 bridgehead atoms. The first-order valence-electron chi connectivity index (χ1n) is 13.5. The largest absolute Gasteiger partial charge is 0.497 e. The molecule has 1 N–H and O–H groups in total. The Labute approximate surface area is 229 Å². The monoisotopic (exact) mass is 562 g/mol. The molecule has 1 amide bonds. The van der Waals surface area contributed by atoms with Crippen molar-refractivity contribution in [3.05, 3.63) is 35.7 Å². The number of carbonyl (C=O) groups is 2. The number of benzene rings is 1. The molecule has 2 aromatic rings. The molecule has 1 aromatic carbocycles. The highest BCUT2D eigenvalue weighted by molar-refractivity contribution is 6.72. The summed E-state index contributed by atoms with van der Waals surface area (Å²) in [6.07, 6.45) is 3.61. The topological polar surface area (TPSA) is 116 Å². The molecule has 0 aliphatic carbocycles. The van der Waals surface area contributed by atoms with Gasteiger partial charge in [-0.15, -0.1) is 5.10 Å². The third-order valence-corrected chi connectivity index (χ3v) is 10.5. The van der Waals surface area contributed by atoms with Gasteiger partial charge in [-0.25, -0.2) is 0 Å². The molecule has 12 heteroatoms. The fourth-order valence-electron chi connectivity index (χ4n) is 6.22. The zero-order valence-corrected chi connectivity index (χ0v) is 24.4. The summed E-state index contributed by atoms with van der Waals surface area (Å²) in [5.41, 5.74) is 0.349. The van der Waals surface area contributed by atoms with Crippen molar-refractivity contribution < 1.29 is 33.0 Å². The van der Waals surface area contributed by atoms with Gasteiger partial charge in [-0.3, -0.25) is 14.3 Å². The van der Waals surface area contributed by atoms with Crippen LogP contribution in [0.2, 0.25) is 18.6 Å². The number of hydrogen-bond acceptors (Lipinski definition) is 8. The van der Waals surface area contributed by atoms with E-state index in [1.54, 1.807) is 36.0 Å². The van der Waals surface area contributed by atoms with Crippen molar-refractivity contribution in [1.82, 2.24) is 15.0 Å². The van der Waals surface area contributed by atoms with Gasteiger partial charge in [0.2, 0.25) is 8.41 Å². The summed E-state index contributed by atoms with van der Waals surface area (Å²) < 4.78 is 34.6. The molecule has 4 atom stereocenters. The van der Waals surface area contributed by atoms with E-state index in [1.807, 2.05) is 25.1 Å². The average molecular weight is 563 g/mol. The summed E-state index contributed by atoms with van der Waals surface area (Å²) in [4.78, 5) is 27.5. The van der Waals surface area contributed by atoms with Crippen molar-refractivity contribution in [2.75, 3.05) is 32.3 Å². The molecule has 1 spiro atoms. The van der Waals surface area contributed by atoms with Gasteiger partial charge in [-0.2, -0.15) is 0 Å². The summed E-state index contributed by atoms with van der Waals surface area (Å²) >= 11 is 0. The van der Waals surface area contributed by atoms with Gasteiger partial charge in [0.05, 0.1) is 31.7 Å². The van der Waals surface area contributed by atoms with Crippen LogP contribution in [0.4, 0.5) is 9.80 Å². The summed E-state index contributed by atoms with van der Waals surface area (Å²) in [7, 11) is -0.359. The number of nitrogens with zero attached hydrogens (tertiary/aromatic N) is 4. The number of halogens is 1. The molecule has 1 saturated heterocycles. The Morgan fingerprint density at radius 1 is 1.26 bits per heavy atom. The number of ether oxygens (including phenoxy) is 3. The van der Waals surface area contributed by atoms with E-state index >= 15 is 4.11 Å². The Kier molecular flexibility index (Phi) is 8.77. The fourth-order valence-corrected chi connectivity index (χ4v) is 8.77. The standard InChI is InChI=1S/C27H39FN4O6Si/c1-18-25(39(4,5)28)23(11-14-31-17-19(12-15-33)29-30-31)38-27(18)21-16-20(36-2)9-10-22(21)32(26(27)35)13-7-6-8-24(34)37-3/h9-10,16-18,23,25,33H,6-8,11-15H2,1-5H3/t18-,23+,25-,27+/m1/s1. The van der Waals surface area contributed by atoms with Gasteiger partial charge in [0.1, 0.15) is 5.75 Å². The SMILES string of the molecule is COC(=O)CCCCN1C(=O)[C@@]2(O[C@@H](CCn3cc(CCO)nn3)[C@H]([Si](C)(C)F)[C@H]2C)c2cc(OC)ccc21. The summed E-state index contributed by atoms with van der Waals surface area (Å²) in [5.74, 6) is -0.296. The third kappa shape index (κ3) is 5.59. The number of unbranched alkanes of at least 4 members (excludes halogenated alkanes) is 1. The number of carbonyl (C=O) groups excluding carboxylic acids is 2. The lowest BCUT2D eigenvalue weighted by Crippen LogP contribution is -2.45. The van der Waals surface area contributed by atoms with Gasteiger partial charge in [-0.05, 0) is 50.6 Å². The van der Waals surface area contributed by atoms with Gasteiger partial charge in [0.15, 0.2) is 5.60 Å². The number of aliphatic hydroxyl groups is 1. The molecule has 2 aliphatic heterocycles. The smallest absolute Gasteiger partial charge is 0.305 e. The first-order valence-corrected chi connectivity index (χ1v) is 16.5. The number of aromatic nitrogens is 3. The summed E-state index contributed by atoms with van der Waals surface area (Å²) in [5, 5.41) is 17.4. The molecule has 4 rings (SSSR count). The normalized spacial score (nSPS) is 24.4. The maximum absolute atomic E-state index is 16.0.